The fourth-order valence-corrected chi connectivity index (χ4v) is 1.41. The van der Waals surface area contributed by atoms with E-state index in [0.717, 1.165) is 17.5 Å². The van der Waals surface area contributed by atoms with Crippen LogP contribution in [0.5, 0.6) is 5.75 Å². The Morgan fingerprint density at radius 1 is 1.45 bits per heavy atom. The number of rotatable bonds is 0. The summed E-state index contributed by atoms with van der Waals surface area (Å²) in [6, 6.07) is 3.48. The molecule has 0 aromatic heterocycles. The van der Waals surface area contributed by atoms with Gasteiger partial charge in [-0.3, -0.25) is 0 Å². The molecule has 0 saturated carbocycles. The van der Waals surface area contributed by atoms with Crippen LogP contribution in [0.25, 0.3) is 0 Å². The molecule has 1 heterocycles. The number of ether oxygens (including phenoxy) is 1. The number of hydrogen-bond donors (Lipinski definition) is 0. The molecule has 2 heteroatoms. The van der Waals surface area contributed by atoms with Crippen LogP contribution in [0.3, 0.4) is 0 Å². The van der Waals surface area contributed by atoms with E-state index in [1.807, 2.05) is 13.0 Å². The van der Waals surface area contributed by atoms with Crippen LogP contribution in [0.4, 0.5) is 4.39 Å². The van der Waals surface area contributed by atoms with Gasteiger partial charge >= 0.3 is 0 Å². The summed E-state index contributed by atoms with van der Waals surface area (Å²) in [7, 11) is 0. The fraction of sp³-hybridized carbons (Fsp3) is 0.333. The van der Waals surface area contributed by atoms with E-state index in [-0.39, 0.29) is 5.82 Å². The van der Waals surface area contributed by atoms with Gasteiger partial charge in [-0.15, -0.1) is 0 Å². The average molecular weight is 152 g/mol. The predicted octanol–water partition coefficient (Wildman–Crippen LogP) is 2.07. The SMILES string of the molecule is Cc1cc(F)c2c(c1)CCO2. The molecule has 0 radical (unpaired) electrons. The normalized spacial score (nSPS) is 14.4. The van der Waals surface area contributed by atoms with E-state index >= 15 is 0 Å². The van der Waals surface area contributed by atoms with E-state index in [1.54, 1.807) is 0 Å². The minimum Gasteiger partial charge on any atom is -0.490 e. The van der Waals surface area contributed by atoms with E-state index in [2.05, 4.69) is 0 Å². The molecule has 0 aliphatic carbocycles. The Hall–Kier alpha value is -1.05. The second-order valence-electron chi connectivity index (χ2n) is 2.83. The summed E-state index contributed by atoms with van der Waals surface area (Å²) in [5, 5.41) is 0. The van der Waals surface area contributed by atoms with Crippen molar-refractivity contribution >= 4 is 0 Å². The van der Waals surface area contributed by atoms with Crippen molar-refractivity contribution in [2.75, 3.05) is 6.61 Å². The van der Waals surface area contributed by atoms with Gasteiger partial charge in [0.2, 0.25) is 0 Å². The highest BCUT2D eigenvalue weighted by Gasteiger charge is 2.16. The molecule has 0 unspecified atom stereocenters. The second-order valence-corrected chi connectivity index (χ2v) is 2.83. The van der Waals surface area contributed by atoms with E-state index in [1.165, 1.54) is 6.07 Å². The Morgan fingerprint density at radius 2 is 2.27 bits per heavy atom. The molecule has 0 atom stereocenters. The zero-order valence-corrected chi connectivity index (χ0v) is 6.36. The second kappa shape index (κ2) is 2.22. The van der Waals surface area contributed by atoms with Crippen LogP contribution in [0.1, 0.15) is 11.1 Å². The van der Waals surface area contributed by atoms with Crippen molar-refractivity contribution in [3.05, 3.63) is 29.1 Å². The lowest BCUT2D eigenvalue weighted by Gasteiger charge is -2.00. The van der Waals surface area contributed by atoms with Gasteiger partial charge in [0.1, 0.15) is 0 Å². The maximum Gasteiger partial charge on any atom is 0.165 e. The van der Waals surface area contributed by atoms with Crippen molar-refractivity contribution in [3.63, 3.8) is 0 Å². The third kappa shape index (κ3) is 0.985. The third-order valence-corrected chi connectivity index (χ3v) is 1.88. The summed E-state index contributed by atoms with van der Waals surface area (Å²) in [6.07, 6.45) is 0.841. The Labute approximate surface area is 64.8 Å². The summed E-state index contributed by atoms with van der Waals surface area (Å²) in [6.45, 7) is 2.51. The van der Waals surface area contributed by atoms with Crippen LogP contribution in [-0.2, 0) is 6.42 Å². The zero-order valence-electron chi connectivity index (χ0n) is 6.36. The van der Waals surface area contributed by atoms with Crippen LogP contribution < -0.4 is 4.74 Å². The molecule has 0 spiro atoms. The summed E-state index contributed by atoms with van der Waals surface area (Å²) in [4.78, 5) is 0. The first-order chi connectivity index (χ1) is 5.27. The first-order valence-electron chi connectivity index (χ1n) is 3.69. The van der Waals surface area contributed by atoms with Crippen LogP contribution in [0.2, 0.25) is 0 Å². The zero-order chi connectivity index (χ0) is 7.84. The first kappa shape index (κ1) is 6.65. The molecule has 0 fully saturated rings. The molecule has 0 bridgehead atoms. The molecule has 1 nitrogen and oxygen atoms in total. The lowest BCUT2D eigenvalue weighted by molar-refractivity contribution is 0.339. The molecular formula is C9H9FO. The maximum absolute atomic E-state index is 13.0. The molecule has 1 aromatic carbocycles. The minimum absolute atomic E-state index is 0.225. The van der Waals surface area contributed by atoms with Gasteiger partial charge in [-0.05, 0) is 18.6 Å². The minimum atomic E-state index is -0.225. The third-order valence-electron chi connectivity index (χ3n) is 1.88. The molecule has 0 N–H and O–H groups in total. The summed E-state index contributed by atoms with van der Waals surface area (Å²) < 4.78 is 18.1. The standard InChI is InChI=1S/C9H9FO/c1-6-4-7-2-3-11-9(7)8(10)5-6/h4-5H,2-3H2,1H3. The number of aryl methyl sites for hydroxylation is 1. The van der Waals surface area contributed by atoms with Gasteiger partial charge in [0.05, 0.1) is 6.61 Å². The topological polar surface area (TPSA) is 9.23 Å². The summed E-state index contributed by atoms with van der Waals surface area (Å²) >= 11 is 0. The molecule has 1 aromatic rings. The van der Waals surface area contributed by atoms with Crippen LogP contribution in [0, 0.1) is 12.7 Å². The molecule has 2 rings (SSSR count). The van der Waals surface area contributed by atoms with Crippen LogP contribution >= 0.6 is 0 Å². The average Bonchev–Trinajstić information content (AvgIpc) is 2.34. The van der Waals surface area contributed by atoms with Gasteiger partial charge in [-0.25, -0.2) is 4.39 Å². The quantitative estimate of drug-likeness (QED) is 0.553. The van der Waals surface area contributed by atoms with E-state index < -0.39 is 0 Å². The van der Waals surface area contributed by atoms with Crippen molar-refractivity contribution < 1.29 is 9.13 Å². The van der Waals surface area contributed by atoms with Crippen molar-refractivity contribution in [3.8, 4) is 5.75 Å². The van der Waals surface area contributed by atoms with Crippen LogP contribution in [-0.4, -0.2) is 6.61 Å². The number of fused-ring (bicyclic) bond motifs is 1. The molecule has 0 saturated heterocycles. The van der Waals surface area contributed by atoms with Crippen molar-refractivity contribution in [1.82, 2.24) is 0 Å². The Kier molecular flexibility index (Phi) is 1.34. The molecule has 11 heavy (non-hydrogen) atoms. The predicted molar refractivity (Wildman–Crippen MR) is 40.3 cm³/mol. The molecule has 58 valence electrons. The van der Waals surface area contributed by atoms with E-state index in [4.69, 9.17) is 4.74 Å². The van der Waals surface area contributed by atoms with Gasteiger partial charge in [-0.1, -0.05) is 6.07 Å². The number of hydrogen-bond acceptors (Lipinski definition) is 1. The number of halogens is 1. The molecule has 1 aliphatic heterocycles. The van der Waals surface area contributed by atoms with Gasteiger partial charge in [-0.2, -0.15) is 0 Å². The summed E-state index contributed by atoms with van der Waals surface area (Å²) in [5.41, 5.74) is 1.97. The van der Waals surface area contributed by atoms with Gasteiger partial charge in [0.15, 0.2) is 11.6 Å². The lowest BCUT2D eigenvalue weighted by atomic mass is 10.1. The van der Waals surface area contributed by atoms with Crippen molar-refractivity contribution in [2.45, 2.75) is 13.3 Å². The highest BCUT2D eigenvalue weighted by molar-refractivity contribution is 5.40. The van der Waals surface area contributed by atoms with Crippen LogP contribution in [0.15, 0.2) is 12.1 Å². The highest BCUT2D eigenvalue weighted by Crippen LogP contribution is 2.29. The highest BCUT2D eigenvalue weighted by atomic mass is 19.1. The first-order valence-corrected chi connectivity index (χ1v) is 3.69. The molecule has 1 aliphatic rings. The van der Waals surface area contributed by atoms with Gasteiger partial charge in [0.25, 0.3) is 0 Å². The monoisotopic (exact) mass is 152 g/mol. The van der Waals surface area contributed by atoms with Crippen molar-refractivity contribution in [1.29, 1.82) is 0 Å². The smallest absolute Gasteiger partial charge is 0.165 e. The lowest BCUT2D eigenvalue weighted by Crippen LogP contribution is -1.88. The van der Waals surface area contributed by atoms with Gasteiger partial charge in [0, 0.05) is 12.0 Å². The molecule has 0 amide bonds. The Balaban J connectivity index is 2.60. The number of benzene rings is 1. The van der Waals surface area contributed by atoms with E-state index in [9.17, 15) is 4.39 Å². The Bertz CT molecular complexity index is 294. The Morgan fingerprint density at radius 3 is 3.09 bits per heavy atom. The summed E-state index contributed by atoms with van der Waals surface area (Å²) in [5.74, 6) is 0.230. The van der Waals surface area contributed by atoms with Gasteiger partial charge < -0.3 is 4.74 Å². The molecular weight excluding hydrogens is 143 g/mol. The van der Waals surface area contributed by atoms with Crippen molar-refractivity contribution in [2.24, 2.45) is 0 Å². The van der Waals surface area contributed by atoms with E-state index in [0.29, 0.717) is 12.4 Å². The fourth-order valence-electron chi connectivity index (χ4n) is 1.41. The largest absolute Gasteiger partial charge is 0.490 e. The maximum atomic E-state index is 13.0.